The van der Waals surface area contributed by atoms with Gasteiger partial charge in [-0.3, -0.25) is 0 Å². The van der Waals surface area contributed by atoms with Crippen LogP contribution in [0.3, 0.4) is 0 Å². The molecule has 0 aromatic carbocycles. The van der Waals surface area contributed by atoms with E-state index in [1.807, 2.05) is 6.92 Å². The molecule has 1 aliphatic rings. The zero-order chi connectivity index (χ0) is 10.6. The molecule has 1 unspecified atom stereocenters. The van der Waals surface area contributed by atoms with Crippen LogP contribution in [0.2, 0.25) is 0 Å². The van der Waals surface area contributed by atoms with Crippen LogP contribution >= 0.6 is 0 Å². The molecule has 1 heterocycles. The number of hydrogen-bond acceptors (Lipinski definition) is 2. The molecule has 1 saturated heterocycles. The van der Waals surface area contributed by atoms with E-state index in [4.69, 9.17) is 0 Å². The number of unbranched alkanes of at least 4 members (excludes halogenated alkanes) is 1. The molecule has 0 aromatic rings. The van der Waals surface area contributed by atoms with E-state index in [0.717, 1.165) is 45.2 Å². The SMILES string of the molecule is CCCCC(C)S(=O)(=O)N1CCCC1. The summed E-state index contributed by atoms with van der Waals surface area (Å²) in [7, 11) is -2.98. The van der Waals surface area contributed by atoms with E-state index in [9.17, 15) is 8.42 Å². The first kappa shape index (κ1) is 12.0. The average Bonchev–Trinajstić information content (AvgIpc) is 2.67. The van der Waals surface area contributed by atoms with Crippen LogP contribution < -0.4 is 0 Å². The smallest absolute Gasteiger partial charge is 0.212 e. The summed E-state index contributed by atoms with van der Waals surface area (Å²) >= 11 is 0. The third-order valence-corrected chi connectivity index (χ3v) is 5.24. The first-order valence-corrected chi connectivity index (χ1v) is 7.08. The molecule has 1 fully saturated rings. The molecule has 0 spiro atoms. The van der Waals surface area contributed by atoms with Crippen LogP contribution in [0, 0.1) is 0 Å². The van der Waals surface area contributed by atoms with E-state index in [0.29, 0.717) is 0 Å². The van der Waals surface area contributed by atoms with Gasteiger partial charge in [-0.2, -0.15) is 0 Å². The lowest BCUT2D eigenvalue weighted by Gasteiger charge is -2.20. The number of sulfonamides is 1. The molecule has 84 valence electrons. The fourth-order valence-electron chi connectivity index (χ4n) is 1.84. The Morgan fingerprint density at radius 2 is 1.86 bits per heavy atom. The predicted octanol–water partition coefficient (Wildman–Crippen LogP) is 1.99. The first-order chi connectivity index (χ1) is 6.59. The molecule has 0 bridgehead atoms. The Hall–Kier alpha value is -0.0900. The molecule has 0 radical (unpaired) electrons. The van der Waals surface area contributed by atoms with E-state index < -0.39 is 10.0 Å². The maximum atomic E-state index is 12.0. The summed E-state index contributed by atoms with van der Waals surface area (Å²) in [6.45, 7) is 5.40. The van der Waals surface area contributed by atoms with Gasteiger partial charge in [0.15, 0.2) is 0 Å². The average molecular weight is 219 g/mol. The summed E-state index contributed by atoms with van der Waals surface area (Å²) in [4.78, 5) is 0. The summed E-state index contributed by atoms with van der Waals surface area (Å²) in [5.41, 5.74) is 0. The topological polar surface area (TPSA) is 37.4 Å². The molecular weight excluding hydrogens is 198 g/mol. The molecule has 1 atom stereocenters. The summed E-state index contributed by atoms with van der Waals surface area (Å²) in [5, 5.41) is -0.194. The summed E-state index contributed by atoms with van der Waals surface area (Å²) in [6, 6.07) is 0. The molecule has 0 N–H and O–H groups in total. The van der Waals surface area contributed by atoms with Crippen LogP contribution in [0.1, 0.15) is 46.0 Å². The highest BCUT2D eigenvalue weighted by atomic mass is 32.2. The quantitative estimate of drug-likeness (QED) is 0.709. The fourth-order valence-corrected chi connectivity index (χ4v) is 3.58. The van der Waals surface area contributed by atoms with Gasteiger partial charge in [-0.15, -0.1) is 0 Å². The number of nitrogens with zero attached hydrogens (tertiary/aromatic N) is 1. The van der Waals surface area contributed by atoms with E-state index in [1.165, 1.54) is 0 Å². The Labute approximate surface area is 87.5 Å². The largest absolute Gasteiger partial charge is 0.216 e. The standard InChI is InChI=1S/C10H21NO2S/c1-3-4-7-10(2)14(12,13)11-8-5-6-9-11/h10H,3-9H2,1-2H3. The third kappa shape index (κ3) is 2.70. The van der Waals surface area contributed by atoms with Gasteiger partial charge in [0.25, 0.3) is 0 Å². The third-order valence-electron chi connectivity index (χ3n) is 2.90. The van der Waals surface area contributed by atoms with Gasteiger partial charge in [-0.05, 0) is 26.2 Å². The molecule has 4 heteroatoms. The van der Waals surface area contributed by atoms with Crippen molar-refractivity contribution in [3.8, 4) is 0 Å². The molecule has 0 aliphatic carbocycles. The molecule has 1 aliphatic heterocycles. The van der Waals surface area contributed by atoms with E-state index in [1.54, 1.807) is 4.31 Å². The lowest BCUT2D eigenvalue weighted by atomic mass is 10.2. The van der Waals surface area contributed by atoms with Gasteiger partial charge in [0, 0.05) is 13.1 Å². The zero-order valence-electron chi connectivity index (χ0n) is 9.20. The summed E-state index contributed by atoms with van der Waals surface area (Å²) < 4.78 is 25.6. The van der Waals surface area contributed by atoms with Gasteiger partial charge in [-0.25, -0.2) is 12.7 Å². The Bertz CT molecular complexity index is 255. The van der Waals surface area contributed by atoms with Crippen LogP contribution in [0.5, 0.6) is 0 Å². The minimum absolute atomic E-state index is 0.194. The second kappa shape index (κ2) is 5.12. The van der Waals surface area contributed by atoms with Crippen LogP contribution in [-0.2, 0) is 10.0 Å². The second-order valence-electron chi connectivity index (χ2n) is 4.10. The van der Waals surface area contributed by atoms with Gasteiger partial charge in [0.1, 0.15) is 0 Å². The minimum atomic E-state index is -2.98. The fraction of sp³-hybridized carbons (Fsp3) is 1.00. The number of rotatable bonds is 5. The van der Waals surface area contributed by atoms with Crippen LogP contribution in [0.15, 0.2) is 0 Å². The van der Waals surface area contributed by atoms with Gasteiger partial charge >= 0.3 is 0 Å². The Morgan fingerprint density at radius 1 is 1.29 bits per heavy atom. The van der Waals surface area contributed by atoms with E-state index in [-0.39, 0.29) is 5.25 Å². The second-order valence-corrected chi connectivity index (χ2v) is 6.46. The van der Waals surface area contributed by atoms with Gasteiger partial charge in [0.05, 0.1) is 5.25 Å². The molecule has 14 heavy (non-hydrogen) atoms. The summed E-state index contributed by atoms with van der Waals surface area (Å²) in [6.07, 6.45) is 4.93. The monoisotopic (exact) mass is 219 g/mol. The minimum Gasteiger partial charge on any atom is -0.212 e. The van der Waals surface area contributed by atoms with Crippen molar-refractivity contribution in [3.63, 3.8) is 0 Å². The van der Waals surface area contributed by atoms with Gasteiger partial charge < -0.3 is 0 Å². The van der Waals surface area contributed by atoms with Crippen LogP contribution in [-0.4, -0.2) is 31.1 Å². The maximum absolute atomic E-state index is 12.0. The number of hydrogen-bond donors (Lipinski definition) is 0. The molecule has 3 nitrogen and oxygen atoms in total. The summed E-state index contributed by atoms with van der Waals surface area (Å²) in [5.74, 6) is 0. The van der Waals surface area contributed by atoms with Crippen molar-refractivity contribution in [3.05, 3.63) is 0 Å². The van der Waals surface area contributed by atoms with Crippen molar-refractivity contribution in [2.45, 2.75) is 51.2 Å². The highest BCUT2D eigenvalue weighted by Gasteiger charge is 2.29. The van der Waals surface area contributed by atoms with Crippen molar-refractivity contribution in [2.24, 2.45) is 0 Å². The predicted molar refractivity (Wildman–Crippen MR) is 58.7 cm³/mol. The molecule has 1 rings (SSSR count). The van der Waals surface area contributed by atoms with E-state index >= 15 is 0 Å². The van der Waals surface area contributed by atoms with Crippen molar-refractivity contribution < 1.29 is 8.42 Å². The maximum Gasteiger partial charge on any atom is 0.216 e. The highest BCUT2D eigenvalue weighted by Crippen LogP contribution is 2.19. The van der Waals surface area contributed by atoms with Crippen LogP contribution in [0.25, 0.3) is 0 Å². The van der Waals surface area contributed by atoms with Crippen molar-refractivity contribution >= 4 is 10.0 Å². The lowest BCUT2D eigenvalue weighted by Crippen LogP contribution is -2.35. The zero-order valence-corrected chi connectivity index (χ0v) is 10.0. The first-order valence-electron chi connectivity index (χ1n) is 5.58. The van der Waals surface area contributed by atoms with Gasteiger partial charge in [-0.1, -0.05) is 19.8 Å². The van der Waals surface area contributed by atoms with Crippen molar-refractivity contribution in [1.82, 2.24) is 4.31 Å². The molecular formula is C10H21NO2S. The Morgan fingerprint density at radius 3 is 2.36 bits per heavy atom. The highest BCUT2D eigenvalue weighted by molar-refractivity contribution is 7.89. The van der Waals surface area contributed by atoms with Crippen molar-refractivity contribution in [2.75, 3.05) is 13.1 Å². The molecule has 0 aromatic heterocycles. The van der Waals surface area contributed by atoms with Crippen LogP contribution in [0.4, 0.5) is 0 Å². The Balaban J connectivity index is 2.54. The molecule has 0 saturated carbocycles. The van der Waals surface area contributed by atoms with Crippen molar-refractivity contribution in [1.29, 1.82) is 0 Å². The Kier molecular flexibility index (Phi) is 4.38. The molecule has 0 amide bonds. The lowest BCUT2D eigenvalue weighted by molar-refractivity contribution is 0.462. The normalized spacial score (nSPS) is 21.3. The van der Waals surface area contributed by atoms with E-state index in [2.05, 4.69) is 6.92 Å². The van der Waals surface area contributed by atoms with Gasteiger partial charge in [0.2, 0.25) is 10.0 Å².